The van der Waals surface area contributed by atoms with Crippen LogP contribution in [-0.4, -0.2) is 41.2 Å². The Bertz CT molecular complexity index is 779. The maximum Gasteiger partial charge on any atom is 0.258 e. The Balaban J connectivity index is 1.57. The average Bonchev–Trinajstić information content (AvgIpc) is 2.64. The Kier molecular flexibility index (Phi) is 5.63. The summed E-state index contributed by atoms with van der Waals surface area (Å²) in [5.41, 5.74) is -1.49. The van der Waals surface area contributed by atoms with Gasteiger partial charge in [-0.1, -0.05) is 11.6 Å². The molecule has 0 unspecified atom stereocenters. The number of alkyl halides is 1. The Labute approximate surface area is 165 Å². The van der Waals surface area contributed by atoms with Gasteiger partial charge in [0.1, 0.15) is 17.4 Å². The van der Waals surface area contributed by atoms with Crippen molar-refractivity contribution in [2.24, 2.45) is 0 Å². The molecule has 0 spiro atoms. The summed E-state index contributed by atoms with van der Waals surface area (Å²) < 4.78 is 18.7. The number of ketones is 1. The number of ether oxygens (including phenoxy) is 1. The summed E-state index contributed by atoms with van der Waals surface area (Å²) >= 11 is 11.1. The SMILES string of the molecule is O=C(COc1ccc(Cl)c(F)c1)NC12CCC(NC(=O)CCl)(CC1)C(=O)C2. The van der Waals surface area contributed by atoms with E-state index >= 15 is 0 Å². The number of rotatable bonds is 6. The van der Waals surface area contributed by atoms with E-state index in [0.717, 1.165) is 6.07 Å². The predicted molar refractivity (Wildman–Crippen MR) is 97.5 cm³/mol. The zero-order valence-electron chi connectivity index (χ0n) is 14.4. The van der Waals surface area contributed by atoms with Gasteiger partial charge in [-0.05, 0) is 37.8 Å². The van der Waals surface area contributed by atoms with E-state index in [1.807, 2.05) is 0 Å². The Morgan fingerprint density at radius 1 is 1.15 bits per heavy atom. The van der Waals surface area contributed by atoms with Gasteiger partial charge in [0.25, 0.3) is 5.91 Å². The lowest BCUT2D eigenvalue weighted by atomic mass is 9.60. The molecule has 6 nitrogen and oxygen atoms in total. The third kappa shape index (κ3) is 4.19. The molecule has 146 valence electrons. The van der Waals surface area contributed by atoms with Crippen LogP contribution >= 0.6 is 23.2 Å². The van der Waals surface area contributed by atoms with E-state index in [1.54, 1.807) is 0 Å². The molecule has 0 saturated heterocycles. The van der Waals surface area contributed by atoms with Crippen molar-refractivity contribution in [1.82, 2.24) is 10.6 Å². The molecule has 3 saturated carbocycles. The third-order valence-electron chi connectivity index (χ3n) is 5.26. The molecule has 0 aliphatic heterocycles. The molecule has 27 heavy (non-hydrogen) atoms. The van der Waals surface area contributed by atoms with Crippen LogP contribution in [0.25, 0.3) is 0 Å². The maximum atomic E-state index is 13.4. The predicted octanol–water partition coefficient (Wildman–Crippen LogP) is 2.35. The minimum absolute atomic E-state index is 0.0293. The highest BCUT2D eigenvalue weighted by Crippen LogP contribution is 2.44. The summed E-state index contributed by atoms with van der Waals surface area (Å²) in [7, 11) is 0. The van der Waals surface area contributed by atoms with Gasteiger partial charge in [0.05, 0.1) is 10.6 Å². The van der Waals surface area contributed by atoms with Crippen LogP contribution in [0.3, 0.4) is 0 Å². The molecule has 0 radical (unpaired) electrons. The number of Topliss-reactive ketones (excluding diaryl/α,β-unsaturated/α-hetero) is 1. The standard InChI is InChI=1S/C18H19Cl2FN2O4/c19-9-15(25)23-18-5-3-17(4-6-18,8-14(18)24)22-16(26)10-27-11-1-2-12(20)13(21)7-11/h1-2,7H,3-6,8-10H2,(H,22,26)(H,23,25). The second-order valence-corrected chi connectivity index (χ2v) is 7.73. The molecule has 0 aromatic heterocycles. The minimum Gasteiger partial charge on any atom is -0.484 e. The Hall–Kier alpha value is -1.86. The van der Waals surface area contributed by atoms with Gasteiger partial charge < -0.3 is 15.4 Å². The summed E-state index contributed by atoms with van der Waals surface area (Å²) in [5.74, 6) is -1.49. The van der Waals surface area contributed by atoms with Gasteiger partial charge in [-0.3, -0.25) is 14.4 Å². The lowest BCUT2D eigenvalue weighted by Gasteiger charge is -2.52. The molecule has 0 atom stereocenters. The number of carbonyl (C=O) groups excluding carboxylic acids is 3. The highest BCUT2D eigenvalue weighted by atomic mass is 35.5. The average molecular weight is 417 g/mol. The molecule has 2 N–H and O–H groups in total. The summed E-state index contributed by atoms with van der Waals surface area (Å²) in [6.45, 7) is -0.300. The monoisotopic (exact) mass is 416 g/mol. The summed E-state index contributed by atoms with van der Waals surface area (Å²) in [5, 5.41) is 5.60. The molecule has 3 aliphatic carbocycles. The molecule has 1 aromatic carbocycles. The molecule has 2 amide bonds. The lowest BCUT2D eigenvalue weighted by molar-refractivity contribution is -0.141. The number of fused-ring (bicyclic) bond motifs is 3. The number of carbonyl (C=O) groups is 3. The molecular weight excluding hydrogens is 398 g/mol. The van der Waals surface area contributed by atoms with Crippen molar-refractivity contribution in [3.8, 4) is 5.75 Å². The van der Waals surface area contributed by atoms with E-state index in [1.165, 1.54) is 12.1 Å². The number of amides is 2. The summed E-state index contributed by atoms with van der Waals surface area (Å²) in [4.78, 5) is 36.5. The lowest BCUT2D eigenvalue weighted by Crippen LogP contribution is -2.68. The van der Waals surface area contributed by atoms with Crippen LogP contribution < -0.4 is 15.4 Å². The van der Waals surface area contributed by atoms with Gasteiger partial charge in [-0.25, -0.2) is 4.39 Å². The number of benzene rings is 1. The Morgan fingerprint density at radius 2 is 1.85 bits per heavy atom. The first-order valence-corrected chi connectivity index (χ1v) is 9.48. The van der Waals surface area contributed by atoms with E-state index < -0.39 is 22.8 Å². The van der Waals surface area contributed by atoms with E-state index in [9.17, 15) is 18.8 Å². The smallest absolute Gasteiger partial charge is 0.258 e. The molecular formula is C18H19Cl2FN2O4. The fourth-order valence-electron chi connectivity index (χ4n) is 3.80. The van der Waals surface area contributed by atoms with Crippen molar-refractivity contribution in [3.63, 3.8) is 0 Å². The maximum absolute atomic E-state index is 13.4. The molecule has 9 heteroatoms. The van der Waals surface area contributed by atoms with Crippen molar-refractivity contribution < 1.29 is 23.5 Å². The third-order valence-corrected chi connectivity index (χ3v) is 5.81. The number of hydrogen-bond donors (Lipinski definition) is 2. The van der Waals surface area contributed by atoms with E-state index in [4.69, 9.17) is 27.9 Å². The molecule has 2 bridgehead atoms. The molecule has 1 aromatic rings. The van der Waals surface area contributed by atoms with Gasteiger partial charge in [-0.2, -0.15) is 0 Å². The fraction of sp³-hybridized carbons (Fsp3) is 0.500. The highest BCUT2D eigenvalue weighted by Gasteiger charge is 2.55. The van der Waals surface area contributed by atoms with E-state index in [0.29, 0.717) is 25.7 Å². The highest BCUT2D eigenvalue weighted by molar-refractivity contribution is 6.30. The van der Waals surface area contributed by atoms with Crippen LogP contribution in [0.4, 0.5) is 4.39 Å². The molecule has 3 fully saturated rings. The minimum atomic E-state index is -0.865. The number of halogens is 3. The second-order valence-electron chi connectivity index (χ2n) is 7.06. The van der Waals surface area contributed by atoms with Crippen LogP contribution in [0.1, 0.15) is 32.1 Å². The fourth-order valence-corrected chi connectivity index (χ4v) is 3.98. The molecule has 4 rings (SSSR count). The second kappa shape index (κ2) is 7.64. The zero-order chi connectivity index (χ0) is 19.7. The quantitative estimate of drug-likeness (QED) is 0.697. The number of nitrogens with one attached hydrogen (secondary N) is 2. The van der Waals surface area contributed by atoms with Gasteiger partial charge in [-0.15, -0.1) is 11.6 Å². The van der Waals surface area contributed by atoms with Crippen molar-refractivity contribution in [2.75, 3.05) is 12.5 Å². The van der Waals surface area contributed by atoms with Crippen molar-refractivity contribution in [1.29, 1.82) is 0 Å². The number of hydrogen-bond acceptors (Lipinski definition) is 4. The van der Waals surface area contributed by atoms with Crippen LogP contribution in [0, 0.1) is 5.82 Å². The van der Waals surface area contributed by atoms with Crippen molar-refractivity contribution >= 4 is 40.8 Å². The van der Waals surface area contributed by atoms with Crippen LogP contribution in [-0.2, 0) is 14.4 Å². The largest absolute Gasteiger partial charge is 0.484 e. The van der Waals surface area contributed by atoms with E-state index in [-0.39, 0.29) is 41.4 Å². The summed E-state index contributed by atoms with van der Waals surface area (Å²) in [6.07, 6.45) is 2.21. The van der Waals surface area contributed by atoms with Crippen LogP contribution in [0.2, 0.25) is 5.02 Å². The first-order chi connectivity index (χ1) is 12.8. The van der Waals surface area contributed by atoms with Gasteiger partial charge in [0, 0.05) is 18.0 Å². The molecule has 0 heterocycles. The van der Waals surface area contributed by atoms with Gasteiger partial charge in [0.2, 0.25) is 5.91 Å². The topological polar surface area (TPSA) is 84.5 Å². The van der Waals surface area contributed by atoms with Gasteiger partial charge in [0.15, 0.2) is 12.4 Å². The van der Waals surface area contributed by atoms with E-state index in [2.05, 4.69) is 10.6 Å². The first-order valence-electron chi connectivity index (χ1n) is 8.57. The van der Waals surface area contributed by atoms with Crippen molar-refractivity contribution in [3.05, 3.63) is 29.0 Å². The molecule has 3 aliphatic rings. The summed E-state index contributed by atoms with van der Waals surface area (Å²) in [6, 6.07) is 3.92. The van der Waals surface area contributed by atoms with Gasteiger partial charge >= 0.3 is 0 Å². The zero-order valence-corrected chi connectivity index (χ0v) is 16.0. The normalized spacial score (nSPS) is 26.6. The van der Waals surface area contributed by atoms with Crippen molar-refractivity contribution in [2.45, 2.75) is 43.2 Å². The first kappa shape index (κ1) is 19.9. The van der Waals surface area contributed by atoms with Crippen LogP contribution in [0.15, 0.2) is 18.2 Å². The Morgan fingerprint density at radius 3 is 2.44 bits per heavy atom. The van der Waals surface area contributed by atoms with Crippen LogP contribution in [0.5, 0.6) is 5.75 Å².